The summed E-state index contributed by atoms with van der Waals surface area (Å²) in [6.07, 6.45) is 1.60. The largest absolute Gasteiger partial charge is 0.347 e. The van der Waals surface area contributed by atoms with Crippen LogP contribution in [-0.2, 0) is 4.79 Å². The summed E-state index contributed by atoms with van der Waals surface area (Å²) in [6.45, 7) is 5.40. The number of nitrogens with zero attached hydrogens (tertiary/aromatic N) is 2. The predicted molar refractivity (Wildman–Crippen MR) is 114 cm³/mol. The fraction of sp³-hybridized carbons (Fsp3) is 0.0909. The number of anilines is 3. The maximum absolute atomic E-state index is 12.4. The summed E-state index contributed by atoms with van der Waals surface area (Å²) >= 11 is 0. The van der Waals surface area contributed by atoms with Crippen LogP contribution in [0.4, 0.5) is 17.2 Å². The molecule has 3 rings (SSSR count). The van der Waals surface area contributed by atoms with E-state index in [1.807, 2.05) is 42.5 Å². The second kappa shape index (κ2) is 9.27. The lowest BCUT2D eigenvalue weighted by Gasteiger charge is -2.11. The van der Waals surface area contributed by atoms with Crippen LogP contribution >= 0.6 is 0 Å². The number of rotatable bonds is 7. The molecule has 7 heteroatoms. The lowest BCUT2D eigenvalue weighted by molar-refractivity contribution is -0.114. The first-order valence-corrected chi connectivity index (χ1v) is 9.03. The highest BCUT2D eigenvalue weighted by molar-refractivity contribution is 5.93. The van der Waals surface area contributed by atoms with Gasteiger partial charge in [-0.3, -0.25) is 9.59 Å². The SMILES string of the molecule is C=CCNC(=O)c1cc(Nc2ccc(NC(C)=O)cc2)nc(-c2ccccc2)n1. The van der Waals surface area contributed by atoms with Gasteiger partial charge in [0.15, 0.2) is 5.82 Å². The number of nitrogens with one attached hydrogen (secondary N) is 3. The molecule has 0 aliphatic rings. The summed E-state index contributed by atoms with van der Waals surface area (Å²) < 4.78 is 0. The molecule has 0 atom stereocenters. The van der Waals surface area contributed by atoms with E-state index < -0.39 is 0 Å². The van der Waals surface area contributed by atoms with E-state index in [0.717, 1.165) is 11.3 Å². The highest BCUT2D eigenvalue weighted by Gasteiger charge is 2.13. The Bertz CT molecular complexity index is 1020. The van der Waals surface area contributed by atoms with Crippen LogP contribution in [0.2, 0.25) is 0 Å². The van der Waals surface area contributed by atoms with Gasteiger partial charge in [-0.2, -0.15) is 0 Å². The summed E-state index contributed by atoms with van der Waals surface area (Å²) in [5, 5.41) is 8.63. The van der Waals surface area contributed by atoms with Gasteiger partial charge in [-0.15, -0.1) is 6.58 Å². The third-order valence-electron chi connectivity index (χ3n) is 3.88. The molecule has 29 heavy (non-hydrogen) atoms. The summed E-state index contributed by atoms with van der Waals surface area (Å²) in [7, 11) is 0. The minimum atomic E-state index is -0.312. The second-order valence-corrected chi connectivity index (χ2v) is 6.21. The van der Waals surface area contributed by atoms with Gasteiger partial charge in [0.1, 0.15) is 11.5 Å². The Balaban J connectivity index is 1.91. The molecule has 3 N–H and O–H groups in total. The predicted octanol–water partition coefficient (Wildman–Crippen LogP) is 3.76. The van der Waals surface area contributed by atoms with Gasteiger partial charge in [-0.1, -0.05) is 36.4 Å². The number of carbonyl (C=O) groups excluding carboxylic acids is 2. The molecule has 0 spiro atoms. The van der Waals surface area contributed by atoms with Crippen LogP contribution in [0.5, 0.6) is 0 Å². The fourth-order valence-corrected chi connectivity index (χ4v) is 2.59. The van der Waals surface area contributed by atoms with Gasteiger partial charge in [-0.05, 0) is 24.3 Å². The van der Waals surface area contributed by atoms with Gasteiger partial charge in [0.05, 0.1) is 0 Å². The number of aromatic nitrogens is 2. The van der Waals surface area contributed by atoms with E-state index in [4.69, 9.17) is 0 Å². The second-order valence-electron chi connectivity index (χ2n) is 6.21. The Hall–Kier alpha value is -4.00. The van der Waals surface area contributed by atoms with Crippen LogP contribution in [0, 0.1) is 0 Å². The number of benzene rings is 2. The average molecular weight is 387 g/mol. The summed E-state index contributed by atoms with van der Waals surface area (Å²) in [5.74, 6) is 0.474. The minimum Gasteiger partial charge on any atom is -0.347 e. The summed E-state index contributed by atoms with van der Waals surface area (Å²) in [6, 6.07) is 18.2. The molecule has 0 bridgehead atoms. The van der Waals surface area contributed by atoms with Gasteiger partial charge < -0.3 is 16.0 Å². The third-order valence-corrected chi connectivity index (χ3v) is 3.88. The first-order chi connectivity index (χ1) is 14.0. The van der Waals surface area contributed by atoms with Gasteiger partial charge in [0.2, 0.25) is 5.91 Å². The third kappa shape index (κ3) is 5.49. The van der Waals surface area contributed by atoms with E-state index >= 15 is 0 Å². The molecule has 1 heterocycles. The van der Waals surface area contributed by atoms with Crippen molar-refractivity contribution >= 4 is 29.0 Å². The molecule has 3 aromatic rings. The Kier molecular flexibility index (Phi) is 6.32. The fourth-order valence-electron chi connectivity index (χ4n) is 2.59. The highest BCUT2D eigenvalue weighted by atomic mass is 16.2. The number of amides is 2. The van der Waals surface area contributed by atoms with Crippen LogP contribution in [0.1, 0.15) is 17.4 Å². The molecule has 0 saturated heterocycles. The molecule has 0 aliphatic carbocycles. The van der Waals surface area contributed by atoms with Gasteiger partial charge in [0.25, 0.3) is 5.91 Å². The van der Waals surface area contributed by atoms with Crippen molar-refractivity contribution in [2.24, 2.45) is 0 Å². The quantitative estimate of drug-likeness (QED) is 0.537. The molecule has 0 radical (unpaired) electrons. The lowest BCUT2D eigenvalue weighted by Crippen LogP contribution is -2.24. The maximum atomic E-state index is 12.4. The van der Waals surface area contributed by atoms with Crippen molar-refractivity contribution in [3.63, 3.8) is 0 Å². The lowest BCUT2D eigenvalue weighted by atomic mass is 10.2. The Morgan fingerprint density at radius 1 is 1.00 bits per heavy atom. The summed E-state index contributed by atoms with van der Waals surface area (Å²) in [4.78, 5) is 32.5. The van der Waals surface area contributed by atoms with Gasteiger partial charge in [0, 0.05) is 36.5 Å². The molecule has 0 fully saturated rings. The minimum absolute atomic E-state index is 0.135. The van der Waals surface area contributed by atoms with E-state index in [-0.39, 0.29) is 17.5 Å². The summed E-state index contributed by atoms with van der Waals surface area (Å²) in [5.41, 5.74) is 2.50. The van der Waals surface area contributed by atoms with E-state index in [9.17, 15) is 9.59 Å². The van der Waals surface area contributed by atoms with Crippen LogP contribution in [0.15, 0.2) is 73.3 Å². The smallest absolute Gasteiger partial charge is 0.270 e. The van der Waals surface area contributed by atoms with Crippen molar-refractivity contribution in [1.82, 2.24) is 15.3 Å². The molecule has 0 unspecified atom stereocenters. The number of carbonyl (C=O) groups is 2. The Morgan fingerprint density at radius 3 is 2.34 bits per heavy atom. The maximum Gasteiger partial charge on any atom is 0.270 e. The van der Waals surface area contributed by atoms with Crippen LogP contribution in [-0.4, -0.2) is 28.3 Å². The van der Waals surface area contributed by atoms with Gasteiger partial charge >= 0.3 is 0 Å². The molecule has 7 nitrogen and oxygen atoms in total. The first-order valence-electron chi connectivity index (χ1n) is 9.03. The van der Waals surface area contributed by atoms with Crippen LogP contribution in [0.3, 0.4) is 0 Å². The molecule has 0 saturated carbocycles. The van der Waals surface area contributed by atoms with Crippen molar-refractivity contribution in [1.29, 1.82) is 0 Å². The number of hydrogen-bond acceptors (Lipinski definition) is 5. The van der Waals surface area contributed by atoms with Crippen molar-refractivity contribution in [3.8, 4) is 11.4 Å². The van der Waals surface area contributed by atoms with E-state index in [0.29, 0.717) is 23.9 Å². The Morgan fingerprint density at radius 2 is 1.69 bits per heavy atom. The van der Waals surface area contributed by atoms with Crippen molar-refractivity contribution in [2.75, 3.05) is 17.2 Å². The monoisotopic (exact) mass is 387 g/mol. The topological polar surface area (TPSA) is 96.0 Å². The number of hydrogen-bond donors (Lipinski definition) is 3. The van der Waals surface area contributed by atoms with E-state index in [2.05, 4.69) is 32.5 Å². The molecular formula is C22H21N5O2. The standard InChI is InChI=1S/C22H21N5O2/c1-3-13-23-22(29)19-14-20(27-21(26-19)16-7-5-4-6-8-16)25-18-11-9-17(10-12-18)24-15(2)28/h3-12,14H,1,13H2,2H3,(H,23,29)(H,24,28)(H,25,26,27). The van der Waals surface area contributed by atoms with Crippen molar-refractivity contribution in [2.45, 2.75) is 6.92 Å². The molecule has 146 valence electrons. The zero-order valence-corrected chi connectivity index (χ0v) is 16.0. The normalized spacial score (nSPS) is 10.1. The molecular weight excluding hydrogens is 366 g/mol. The van der Waals surface area contributed by atoms with E-state index in [1.165, 1.54) is 6.92 Å². The van der Waals surface area contributed by atoms with Crippen molar-refractivity contribution < 1.29 is 9.59 Å². The molecule has 2 aromatic carbocycles. The van der Waals surface area contributed by atoms with Crippen LogP contribution in [0.25, 0.3) is 11.4 Å². The van der Waals surface area contributed by atoms with E-state index in [1.54, 1.807) is 24.3 Å². The van der Waals surface area contributed by atoms with Crippen molar-refractivity contribution in [3.05, 3.63) is 79.0 Å². The zero-order chi connectivity index (χ0) is 20.6. The highest BCUT2D eigenvalue weighted by Crippen LogP contribution is 2.22. The van der Waals surface area contributed by atoms with Crippen LogP contribution < -0.4 is 16.0 Å². The zero-order valence-electron chi connectivity index (χ0n) is 16.0. The molecule has 0 aliphatic heterocycles. The first kappa shape index (κ1) is 19.8. The van der Waals surface area contributed by atoms with Gasteiger partial charge in [-0.25, -0.2) is 9.97 Å². The Labute approximate surface area is 168 Å². The molecule has 1 aromatic heterocycles. The molecule has 2 amide bonds. The average Bonchev–Trinajstić information content (AvgIpc) is 2.73.